The molecule has 2 aliphatic rings. The second kappa shape index (κ2) is 2.74. The molecule has 0 radical (unpaired) electrons. The van der Waals surface area contributed by atoms with Gasteiger partial charge in [0.15, 0.2) is 0 Å². The fourth-order valence-corrected chi connectivity index (χ4v) is 3.05. The van der Waals surface area contributed by atoms with Crippen molar-refractivity contribution >= 4 is 11.8 Å². The molecule has 2 fully saturated rings. The summed E-state index contributed by atoms with van der Waals surface area (Å²) in [6.07, 6.45) is 5.48. The minimum Gasteiger partial charge on any atom is -0.380 e. The van der Waals surface area contributed by atoms with Crippen molar-refractivity contribution in [3.63, 3.8) is 0 Å². The maximum absolute atomic E-state index is 5.53. The molecule has 0 atom stereocenters. The largest absolute Gasteiger partial charge is 0.380 e. The zero-order valence-electron chi connectivity index (χ0n) is 6.27. The molecule has 1 aliphatic heterocycles. The van der Waals surface area contributed by atoms with E-state index in [1.165, 1.54) is 31.4 Å². The number of hydrogen-bond donors (Lipinski definition) is 0. The average Bonchev–Trinajstić information content (AvgIpc) is 2.08. The second-order valence-corrected chi connectivity index (χ2v) is 4.85. The average molecular weight is 158 g/mol. The Bertz CT molecular complexity index is 110. The molecule has 0 unspecified atom stereocenters. The third-order valence-corrected chi connectivity index (χ3v) is 4.10. The van der Waals surface area contributed by atoms with Gasteiger partial charge in [-0.15, -0.1) is 0 Å². The first-order valence-electron chi connectivity index (χ1n) is 4.13. The van der Waals surface area contributed by atoms with E-state index in [1.54, 1.807) is 0 Å². The fourth-order valence-electron chi connectivity index (χ4n) is 1.61. The predicted octanol–water partition coefficient (Wildman–Crippen LogP) is 2.06. The van der Waals surface area contributed by atoms with Crippen molar-refractivity contribution in [2.75, 3.05) is 19.0 Å². The van der Waals surface area contributed by atoms with E-state index in [0.29, 0.717) is 4.75 Å². The van der Waals surface area contributed by atoms with Gasteiger partial charge >= 0.3 is 0 Å². The monoisotopic (exact) mass is 158 g/mol. The summed E-state index contributed by atoms with van der Waals surface area (Å²) in [6, 6.07) is 0. The number of rotatable bonds is 0. The molecule has 2 heteroatoms. The molecule has 10 heavy (non-hydrogen) atoms. The van der Waals surface area contributed by atoms with Gasteiger partial charge in [-0.3, -0.25) is 0 Å². The van der Waals surface area contributed by atoms with Gasteiger partial charge in [-0.1, -0.05) is 6.42 Å². The van der Waals surface area contributed by atoms with E-state index in [2.05, 4.69) is 11.8 Å². The van der Waals surface area contributed by atoms with Crippen molar-refractivity contribution in [3.8, 4) is 0 Å². The molecule has 0 amide bonds. The Morgan fingerprint density at radius 1 is 1.20 bits per heavy atom. The van der Waals surface area contributed by atoms with Gasteiger partial charge in [-0.2, -0.15) is 11.8 Å². The molecule has 1 spiro atoms. The molecule has 1 nitrogen and oxygen atoms in total. The second-order valence-electron chi connectivity index (χ2n) is 3.29. The molecule has 0 aromatic heterocycles. The van der Waals surface area contributed by atoms with Gasteiger partial charge in [0.2, 0.25) is 0 Å². The summed E-state index contributed by atoms with van der Waals surface area (Å²) >= 11 is 2.15. The zero-order chi connectivity index (χ0) is 6.86. The van der Waals surface area contributed by atoms with Crippen LogP contribution in [-0.4, -0.2) is 23.7 Å². The lowest BCUT2D eigenvalue weighted by molar-refractivity contribution is 0.0932. The highest BCUT2D eigenvalue weighted by Gasteiger charge is 2.38. The summed E-state index contributed by atoms with van der Waals surface area (Å²) in [7, 11) is 0. The van der Waals surface area contributed by atoms with Crippen LogP contribution in [0, 0.1) is 0 Å². The van der Waals surface area contributed by atoms with Crippen LogP contribution in [-0.2, 0) is 4.74 Å². The van der Waals surface area contributed by atoms with E-state index in [0.717, 1.165) is 13.2 Å². The summed E-state index contributed by atoms with van der Waals surface area (Å²) in [5.74, 6) is 1.32. The summed E-state index contributed by atoms with van der Waals surface area (Å²) in [5, 5.41) is 0. The molecule has 1 saturated carbocycles. The number of ether oxygens (including phenoxy) is 1. The Kier molecular flexibility index (Phi) is 1.92. The van der Waals surface area contributed by atoms with Crippen molar-refractivity contribution in [2.45, 2.75) is 30.4 Å². The first-order chi connectivity index (χ1) is 4.91. The number of thioether (sulfide) groups is 1. The number of hydrogen-bond acceptors (Lipinski definition) is 2. The molecule has 0 aromatic rings. The topological polar surface area (TPSA) is 9.23 Å². The van der Waals surface area contributed by atoms with Crippen molar-refractivity contribution < 1.29 is 4.74 Å². The van der Waals surface area contributed by atoms with Crippen molar-refractivity contribution in [2.24, 2.45) is 0 Å². The standard InChI is InChI=1S/C8H14OS/c1-3-8(4-1)7-9-5-2-6-10-8/h1-7H2. The lowest BCUT2D eigenvalue weighted by Gasteiger charge is -2.39. The van der Waals surface area contributed by atoms with E-state index >= 15 is 0 Å². The molecular formula is C8H14OS. The summed E-state index contributed by atoms with van der Waals surface area (Å²) in [5.41, 5.74) is 0. The maximum Gasteiger partial charge on any atom is 0.0613 e. The lowest BCUT2D eigenvalue weighted by Crippen LogP contribution is -2.37. The minimum absolute atomic E-state index is 0.580. The van der Waals surface area contributed by atoms with Crippen LogP contribution in [0.15, 0.2) is 0 Å². The van der Waals surface area contributed by atoms with Crippen LogP contribution in [0.25, 0.3) is 0 Å². The fraction of sp³-hybridized carbons (Fsp3) is 1.00. The highest BCUT2D eigenvalue weighted by molar-refractivity contribution is 8.00. The van der Waals surface area contributed by atoms with E-state index in [9.17, 15) is 0 Å². The van der Waals surface area contributed by atoms with Crippen LogP contribution in [0.2, 0.25) is 0 Å². The van der Waals surface area contributed by atoms with E-state index in [1.807, 2.05) is 0 Å². The highest BCUT2D eigenvalue weighted by atomic mass is 32.2. The van der Waals surface area contributed by atoms with Gasteiger partial charge in [0.1, 0.15) is 0 Å². The van der Waals surface area contributed by atoms with E-state index in [4.69, 9.17) is 4.74 Å². The van der Waals surface area contributed by atoms with Crippen LogP contribution in [0.5, 0.6) is 0 Å². The Balaban J connectivity index is 1.92. The zero-order valence-corrected chi connectivity index (χ0v) is 7.08. The summed E-state index contributed by atoms with van der Waals surface area (Å²) in [6.45, 7) is 2.02. The third-order valence-electron chi connectivity index (χ3n) is 2.47. The van der Waals surface area contributed by atoms with Gasteiger partial charge in [0.25, 0.3) is 0 Å². The molecule has 58 valence electrons. The highest BCUT2D eigenvalue weighted by Crippen LogP contribution is 2.45. The summed E-state index contributed by atoms with van der Waals surface area (Å²) in [4.78, 5) is 0. The van der Waals surface area contributed by atoms with Gasteiger partial charge < -0.3 is 4.74 Å². The van der Waals surface area contributed by atoms with Gasteiger partial charge in [-0.25, -0.2) is 0 Å². The van der Waals surface area contributed by atoms with Crippen molar-refractivity contribution in [1.82, 2.24) is 0 Å². The molecule has 0 bridgehead atoms. The van der Waals surface area contributed by atoms with Gasteiger partial charge in [-0.05, 0) is 25.0 Å². The molecule has 1 saturated heterocycles. The first kappa shape index (κ1) is 6.99. The Morgan fingerprint density at radius 2 is 2.10 bits per heavy atom. The van der Waals surface area contributed by atoms with Gasteiger partial charge in [0.05, 0.1) is 6.61 Å². The normalized spacial score (nSPS) is 31.2. The molecule has 2 rings (SSSR count). The third kappa shape index (κ3) is 1.19. The van der Waals surface area contributed by atoms with Crippen LogP contribution >= 0.6 is 11.8 Å². The first-order valence-corrected chi connectivity index (χ1v) is 5.12. The Labute approximate surface area is 66.5 Å². The molecule has 0 N–H and O–H groups in total. The smallest absolute Gasteiger partial charge is 0.0613 e. The van der Waals surface area contributed by atoms with Crippen LogP contribution in [0.3, 0.4) is 0 Å². The quantitative estimate of drug-likeness (QED) is 0.533. The maximum atomic E-state index is 5.53. The Hall–Kier alpha value is 0.310. The predicted molar refractivity (Wildman–Crippen MR) is 44.5 cm³/mol. The minimum atomic E-state index is 0.580. The SMILES string of the molecule is C1COCC2(CCC2)SC1. The van der Waals surface area contributed by atoms with Crippen LogP contribution in [0.1, 0.15) is 25.7 Å². The molecule has 0 aromatic carbocycles. The molecule has 1 aliphatic carbocycles. The van der Waals surface area contributed by atoms with Crippen molar-refractivity contribution in [3.05, 3.63) is 0 Å². The molecular weight excluding hydrogens is 144 g/mol. The summed E-state index contributed by atoms with van der Waals surface area (Å²) < 4.78 is 6.11. The van der Waals surface area contributed by atoms with Crippen LogP contribution < -0.4 is 0 Å². The lowest BCUT2D eigenvalue weighted by atomic mass is 9.85. The molecule has 1 heterocycles. The van der Waals surface area contributed by atoms with E-state index < -0.39 is 0 Å². The van der Waals surface area contributed by atoms with Crippen LogP contribution in [0.4, 0.5) is 0 Å². The van der Waals surface area contributed by atoms with Gasteiger partial charge in [0, 0.05) is 11.4 Å². The Morgan fingerprint density at radius 3 is 2.80 bits per heavy atom. The van der Waals surface area contributed by atoms with Crippen molar-refractivity contribution in [1.29, 1.82) is 0 Å². The van der Waals surface area contributed by atoms with E-state index in [-0.39, 0.29) is 0 Å².